The lowest BCUT2D eigenvalue weighted by molar-refractivity contribution is -0.113. The van der Waals surface area contributed by atoms with Crippen molar-refractivity contribution in [3.05, 3.63) is 58.7 Å². The summed E-state index contributed by atoms with van der Waals surface area (Å²) in [4.78, 5) is 0. The van der Waals surface area contributed by atoms with Crippen molar-refractivity contribution in [3.8, 4) is 11.5 Å². The van der Waals surface area contributed by atoms with E-state index in [1.165, 1.54) is 24.0 Å². The molecule has 0 radical (unpaired) electrons. The number of rotatable bonds is 18. The fourth-order valence-corrected chi connectivity index (χ4v) is 5.02. The highest BCUT2D eigenvalue weighted by molar-refractivity contribution is 5.48. The summed E-state index contributed by atoms with van der Waals surface area (Å²) >= 11 is 0. The average Bonchev–Trinajstić information content (AvgIpc) is 2.92. The van der Waals surface area contributed by atoms with Crippen LogP contribution >= 0.6 is 0 Å². The summed E-state index contributed by atoms with van der Waals surface area (Å²) in [7, 11) is 0. The lowest BCUT2D eigenvalue weighted by atomic mass is 9.70. The number of hydrogen-bond acceptors (Lipinski definition) is 6. The number of unbranched alkanes of at least 4 members (excludes halogenated alkanes) is 3. The molecule has 2 rings (SSSR count). The summed E-state index contributed by atoms with van der Waals surface area (Å²) in [5.74, 6) is 1.47. The molecule has 0 aromatic heterocycles. The molecular weight excluding hydrogens is 492 g/mol. The highest BCUT2D eigenvalue weighted by Crippen LogP contribution is 2.41. The van der Waals surface area contributed by atoms with Gasteiger partial charge in [0.15, 0.2) is 0 Å². The van der Waals surface area contributed by atoms with E-state index in [9.17, 15) is 10.2 Å². The van der Waals surface area contributed by atoms with Gasteiger partial charge in [0.2, 0.25) is 0 Å². The maximum Gasteiger partial charge on any atom is 0.122 e. The third kappa shape index (κ3) is 8.94. The molecule has 6 heteroatoms. The van der Waals surface area contributed by atoms with E-state index < -0.39 is 17.8 Å². The molecule has 0 aliphatic heterocycles. The molecule has 0 fully saturated rings. The Morgan fingerprint density at radius 2 is 1.31 bits per heavy atom. The Kier molecular flexibility index (Phi) is 13.2. The number of hydrogen-bond donors (Lipinski definition) is 3. The number of aliphatic hydroxyl groups is 3. The molecule has 0 amide bonds. The first-order chi connectivity index (χ1) is 18.5. The van der Waals surface area contributed by atoms with Gasteiger partial charge in [-0.3, -0.25) is 0 Å². The molecule has 0 heterocycles. The lowest BCUT2D eigenvalue weighted by Crippen LogP contribution is -2.43. The van der Waals surface area contributed by atoms with E-state index in [0.29, 0.717) is 12.4 Å². The summed E-state index contributed by atoms with van der Waals surface area (Å²) < 4.78 is 17.8. The normalized spacial score (nSPS) is 13.8. The van der Waals surface area contributed by atoms with Gasteiger partial charge in [-0.15, -0.1) is 0 Å². The molecule has 3 N–H and O–H groups in total. The smallest absolute Gasteiger partial charge is 0.122 e. The molecule has 0 saturated heterocycles. The van der Waals surface area contributed by atoms with Crippen LogP contribution in [0.15, 0.2) is 36.4 Å². The monoisotopic (exact) mass is 544 g/mol. The van der Waals surface area contributed by atoms with Crippen LogP contribution in [-0.2, 0) is 10.2 Å². The average molecular weight is 545 g/mol. The van der Waals surface area contributed by atoms with Crippen molar-refractivity contribution in [1.29, 1.82) is 0 Å². The summed E-state index contributed by atoms with van der Waals surface area (Å²) in [5, 5.41) is 29.5. The van der Waals surface area contributed by atoms with Crippen LogP contribution < -0.4 is 9.47 Å². The minimum atomic E-state index is -0.895. The number of benzene rings is 2. The predicted molar refractivity (Wildman–Crippen MR) is 158 cm³/mol. The number of aliphatic hydroxyl groups excluding tert-OH is 3. The molecule has 0 bridgehead atoms. The third-order valence-electron chi connectivity index (χ3n) is 7.98. The largest absolute Gasteiger partial charge is 0.491 e. The Morgan fingerprint density at radius 1 is 0.769 bits per heavy atom. The van der Waals surface area contributed by atoms with Gasteiger partial charge in [-0.2, -0.15) is 0 Å². The van der Waals surface area contributed by atoms with Gasteiger partial charge in [0.25, 0.3) is 0 Å². The van der Waals surface area contributed by atoms with E-state index >= 15 is 0 Å². The number of aryl methyl sites for hydroxylation is 2. The molecule has 0 spiro atoms. The first-order valence-corrected chi connectivity index (χ1v) is 14.6. The molecule has 0 aliphatic rings. The van der Waals surface area contributed by atoms with Gasteiger partial charge in [-0.25, -0.2) is 0 Å². The SMILES string of the molecule is CCCCCCOC(C)(C)[C@@H](O)COc1ccc(C(CC)(CC)c2ccc(OC[C@@H](O)CO)c(C)c2)cc1C. The van der Waals surface area contributed by atoms with Crippen LogP contribution in [0.25, 0.3) is 0 Å². The molecule has 220 valence electrons. The minimum Gasteiger partial charge on any atom is -0.491 e. The van der Waals surface area contributed by atoms with Crippen molar-refractivity contribution in [2.45, 2.75) is 110 Å². The van der Waals surface area contributed by atoms with Crippen molar-refractivity contribution in [1.82, 2.24) is 0 Å². The molecule has 2 aromatic carbocycles. The molecule has 6 nitrogen and oxygen atoms in total. The zero-order valence-corrected chi connectivity index (χ0v) is 25.3. The van der Waals surface area contributed by atoms with Crippen molar-refractivity contribution in [2.75, 3.05) is 26.4 Å². The second-order valence-electron chi connectivity index (χ2n) is 11.2. The zero-order valence-electron chi connectivity index (χ0n) is 25.3. The predicted octanol–water partition coefficient (Wildman–Crippen LogP) is 6.26. The van der Waals surface area contributed by atoms with Crippen LogP contribution in [0.3, 0.4) is 0 Å². The van der Waals surface area contributed by atoms with Crippen molar-refractivity contribution in [3.63, 3.8) is 0 Å². The Hall–Kier alpha value is -2.12. The summed E-state index contributed by atoms with van der Waals surface area (Å²) in [5.41, 5.74) is 3.59. The molecule has 2 aromatic rings. The Morgan fingerprint density at radius 3 is 1.77 bits per heavy atom. The fraction of sp³-hybridized carbons (Fsp3) is 0.636. The standard InChI is InChI=1S/C33H52O6/c1-8-11-12-13-18-39-32(6,7)31(36)23-38-30-17-15-27(20-25(30)5)33(9-2,10-3)26-14-16-29(24(4)19-26)37-22-28(35)21-34/h14-17,19-20,28,31,34-36H,8-13,18,21-23H2,1-7H3/t28-,31-/m0/s1. The molecular formula is C33H52O6. The Labute approximate surface area is 236 Å². The van der Waals surface area contributed by atoms with Gasteiger partial charge in [0.05, 0.1) is 12.2 Å². The molecule has 2 atom stereocenters. The number of ether oxygens (including phenoxy) is 3. The molecule has 39 heavy (non-hydrogen) atoms. The van der Waals surface area contributed by atoms with E-state index in [4.69, 9.17) is 19.3 Å². The molecule has 0 aliphatic carbocycles. The van der Waals surface area contributed by atoms with Gasteiger partial charge in [0, 0.05) is 12.0 Å². The quantitative estimate of drug-likeness (QED) is 0.192. The van der Waals surface area contributed by atoms with E-state index in [2.05, 4.69) is 45.0 Å². The molecule has 0 unspecified atom stereocenters. The first kappa shape index (κ1) is 33.1. The van der Waals surface area contributed by atoms with Gasteiger partial charge < -0.3 is 29.5 Å². The maximum absolute atomic E-state index is 10.8. The molecule has 0 saturated carbocycles. The second kappa shape index (κ2) is 15.6. The van der Waals surface area contributed by atoms with Gasteiger partial charge in [-0.1, -0.05) is 64.3 Å². The van der Waals surface area contributed by atoms with Crippen LogP contribution in [0, 0.1) is 13.8 Å². The van der Waals surface area contributed by atoms with Crippen molar-refractivity contribution >= 4 is 0 Å². The lowest BCUT2D eigenvalue weighted by Gasteiger charge is -2.34. The van der Waals surface area contributed by atoms with Crippen molar-refractivity contribution < 1.29 is 29.5 Å². The fourth-order valence-electron chi connectivity index (χ4n) is 5.02. The van der Waals surface area contributed by atoms with E-state index in [-0.39, 0.29) is 25.2 Å². The van der Waals surface area contributed by atoms with Crippen LogP contribution in [0.4, 0.5) is 0 Å². The zero-order chi connectivity index (χ0) is 29.1. The van der Waals surface area contributed by atoms with Gasteiger partial charge >= 0.3 is 0 Å². The van der Waals surface area contributed by atoms with Crippen LogP contribution in [0.5, 0.6) is 11.5 Å². The topological polar surface area (TPSA) is 88.4 Å². The van der Waals surface area contributed by atoms with E-state index in [1.807, 2.05) is 39.8 Å². The van der Waals surface area contributed by atoms with Crippen LogP contribution in [0.1, 0.15) is 95.4 Å². The van der Waals surface area contributed by atoms with Crippen LogP contribution in [-0.4, -0.2) is 59.6 Å². The van der Waals surface area contributed by atoms with Crippen LogP contribution in [0.2, 0.25) is 0 Å². The summed E-state index contributed by atoms with van der Waals surface area (Å²) in [6, 6.07) is 12.6. The van der Waals surface area contributed by atoms with E-state index in [0.717, 1.165) is 42.6 Å². The highest BCUT2D eigenvalue weighted by Gasteiger charge is 2.32. The first-order valence-electron chi connectivity index (χ1n) is 14.6. The van der Waals surface area contributed by atoms with Crippen molar-refractivity contribution in [2.24, 2.45) is 0 Å². The third-order valence-corrected chi connectivity index (χ3v) is 7.98. The minimum absolute atomic E-state index is 0.0566. The highest BCUT2D eigenvalue weighted by atomic mass is 16.5. The summed E-state index contributed by atoms with van der Waals surface area (Å²) in [6.07, 6.45) is 4.76. The van der Waals surface area contributed by atoms with Gasteiger partial charge in [-0.05, 0) is 81.3 Å². The second-order valence-corrected chi connectivity index (χ2v) is 11.2. The Balaban J connectivity index is 2.15. The maximum atomic E-state index is 10.8. The van der Waals surface area contributed by atoms with Gasteiger partial charge in [0.1, 0.15) is 36.9 Å². The van der Waals surface area contributed by atoms with E-state index in [1.54, 1.807) is 0 Å². The Bertz CT molecular complexity index is 998. The summed E-state index contributed by atoms with van der Waals surface area (Å²) in [6.45, 7) is 15.0.